The minimum Gasteiger partial charge on any atom is -0.461 e. The maximum absolute atomic E-state index is 12.9. The molecule has 0 atom stereocenters. The summed E-state index contributed by atoms with van der Waals surface area (Å²) in [4.78, 5) is 26.4. The molecule has 0 spiro atoms. The van der Waals surface area contributed by atoms with Crippen LogP contribution < -0.4 is 9.64 Å². The number of aromatic nitrogens is 2. The van der Waals surface area contributed by atoms with E-state index in [1.165, 1.54) is 6.26 Å². The van der Waals surface area contributed by atoms with Crippen molar-refractivity contribution in [2.45, 2.75) is 12.8 Å². The number of carbonyl (C=O) groups is 1. The minimum absolute atomic E-state index is 0.186. The molecule has 9 heteroatoms. The second-order valence-corrected chi connectivity index (χ2v) is 7.95. The Morgan fingerprint density at radius 3 is 2.66 bits per heavy atom. The molecule has 2 aliphatic heterocycles. The number of ether oxygens (including phenoxy) is 1. The van der Waals surface area contributed by atoms with Gasteiger partial charge >= 0.3 is 0 Å². The number of nitrogens with zero attached hydrogens (tertiary/aromatic N) is 4. The second-order valence-electron chi connectivity index (χ2n) is 7.13. The molecule has 0 unspecified atom stereocenters. The van der Waals surface area contributed by atoms with Crippen LogP contribution in [0.25, 0.3) is 0 Å². The number of imidazole rings is 1. The SMILES string of the molecule is O=C1c2cc(Cl)ccc2OC=C(Cl)N1CCCCN1CCN(c2cnc[nH]2)CC1. The van der Waals surface area contributed by atoms with Crippen LogP contribution in [0.2, 0.25) is 5.02 Å². The number of H-pyrrole nitrogens is 1. The van der Waals surface area contributed by atoms with Crippen molar-refractivity contribution in [3.05, 3.63) is 52.7 Å². The van der Waals surface area contributed by atoms with E-state index in [2.05, 4.69) is 19.8 Å². The lowest BCUT2D eigenvalue weighted by atomic mass is 10.1. The number of halogens is 2. The number of hydrogen-bond acceptors (Lipinski definition) is 5. The van der Waals surface area contributed by atoms with Crippen molar-refractivity contribution in [2.24, 2.45) is 0 Å². The topological polar surface area (TPSA) is 64.7 Å². The van der Waals surface area contributed by atoms with E-state index >= 15 is 0 Å². The van der Waals surface area contributed by atoms with Crippen LogP contribution in [0.15, 0.2) is 42.1 Å². The standard InChI is InChI=1S/C20H23Cl2N5O2/c21-15-3-4-17-16(11-15)20(28)27(18(22)13-29-17)6-2-1-5-25-7-9-26(10-8-25)19-12-23-14-24-19/h3-4,11-14H,1-2,5-10H2,(H,23,24). The monoisotopic (exact) mass is 435 g/mol. The van der Waals surface area contributed by atoms with E-state index in [4.69, 9.17) is 27.9 Å². The molecule has 1 amide bonds. The molecule has 3 heterocycles. The number of benzene rings is 1. The number of nitrogens with one attached hydrogen (secondary N) is 1. The smallest absolute Gasteiger partial charge is 0.262 e. The highest BCUT2D eigenvalue weighted by atomic mass is 35.5. The van der Waals surface area contributed by atoms with E-state index in [0.717, 1.165) is 51.4 Å². The van der Waals surface area contributed by atoms with Crippen LogP contribution >= 0.6 is 23.2 Å². The summed E-state index contributed by atoms with van der Waals surface area (Å²) in [6, 6.07) is 4.99. The summed E-state index contributed by atoms with van der Waals surface area (Å²) in [6.45, 7) is 5.53. The highest BCUT2D eigenvalue weighted by molar-refractivity contribution is 6.32. The average Bonchev–Trinajstić information content (AvgIpc) is 3.24. The lowest BCUT2D eigenvalue weighted by Gasteiger charge is -2.35. The van der Waals surface area contributed by atoms with Gasteiger partial charge in [0, 0.05) is 37.7 Å². The molecule has 1 aromatic heterocycles. The molecular formula is C20H23Cl2N5O2. The molecule has 1 fully saturated rings. The van der Waals surface area contributed by atoms with Gasteiger partial charge in [-0.05, 0) is 37.6 Å². The van der Waals surface area contributed by atoms with E-state index in [9.17, 15) is 4.79 Å². The summed E-state index contributed by atoms with van der Waals surface area (Å²) in [5.74, 6) is 1.36. The zero-order valence-electron chi connectivity index (χ0n) is 16.0. The number of fused-ring (bicyclic) bond motifs is 1. The summed E-state index contributed by atoms with van der Waals surface area (Å²) in [5.41, 5.74) is 0.430. The van der Waals surface area contributed by atoms with Gasteiger partial charge in [0.1, 0.15) is 23.0 Å². The Labute approximate surface area is 179 Å². The van der Waals surface area contributed by atoms with Gasteiger partial charge in [-0.1, -0.05) is 23.2 Å². The average molecular weight is 436 g/mol. The summed E-state index contributed by atoms with van der Waals surface area (Å²) in [5, 5.41) is 0.781. The number of hydrogen-bond donors (Lipinski definition) is 1. The molecule has 154 valence electrons. The molecule has 4 rings (SSSR count). The van der Waals surface area contributed by atoms with Gasteiger partial charge in [0.15, 0.2) is 0 Å². The Morgan fingerprint density at radius 2 is 1.90 bits per heavy atom. The molecule has 0 saturated carbocycles. The number of unbranched alkanes of at least 4 members (excludes halogenated alkanes) is 1. The Balaban J connectivity index is 1.25. The maximum atomic E-state index is 12.9. The fourth-order valence-electron chi connectivity index (χ4n) is 3.64. The molecule has 2 aromatic rings. The van der Waals surface area contributed by atoms with Crippen LogP contribution in [0.1, 0.15) is 23.2 Å². The molecule has 29 heavy (non-hydrogen) atoms. The predicted molar refractivity (Wildman–Crippen MR) is 114 cm³/mol. The van der Waals surface area contributed by atoms with E-state index < -0.39 is 0 Å². The largest absolute Gasteiger partial charge is 0.461 e. The van der Waals surface area contributed by atoms with E-state index in [-0.39, 0.29) is 11.1 Å². The zero-order valence-corrected chi connectivity index (χ0v) is 17.5. The van der Waals surface area contributed by atoms with Gasteiger partial charge in [-0.2, -0.15) is 0 Å². The van der Waals surface area contributed by atoms with Crippen molar-refractivity contribution >= 4 is 34.9 Å². The van der Waals surface area contributed by atoms with Crippen LogP contribution in [0, 0.1) is 0 Å². The van der Waals surface area contributed by atoms with Crippen molar-refractivity contribution < 1.29 is 9.53 Å². The Bertz CT molecular complexity index is 879. The van der Waals surface area contributed by atoms with E-state index in [1.807, 2.05) is 6.20 Å². The van der Waals surface area contributed by atoms with Gasteiger partial charge in [0.05, 0.1) is 18.1 Å². The number of anilines is 1. The van der Waals surface area contributed by atoms with E-state index in [0.29, 0.717) is 22.9 Å². The molecular weight excluding hydrogens is 413 g/mol. The van der Waals surface area contributed by atoms with Crippen LogP contribution in [0.5, 0.6) is 5.75 Å². The van der Waals surface area contributed by atoms with Crippen LogP contribution in [-0.4, -0.2) is 64.9 Å². The second kappa shape index (κ2) is 9.07. The Morgan fingerprint density at radius 1 is 1.10 bits per heavy atom. The number of rotatable bonds is 6. The molecule has 7 nitrogen and oxygen atoms in total. The fraction of sp³-hybridized carbons (Fsp3) is 0.400. The molecule has 1 saturated heterocycles. The molecule has 2 aliphatic rings. The Hall–Kier alpha value is -2.22. The van der Waals surface area contributed by atoms with Crippen molar-refractivity contribution in [3.63, 3.8) is 0 Å². The first-order chi connectivity index (χ1) is 14.1. The van der Waals surface area contributed by atoms with Crippen molar-refractivity contribution in [1.82, 2.24) is 19.8 Å². The number of piperazine rings is 1. The lowest BCUT2D eigenvalue weighted by Crippen LogP contribution is -2.46. The first kappa shape index (κ1) is 20.1. The highest BCUT2D eigenvalue weighted by Gasteiger charge is 2.25. The van der Waals surface area contributed by atoms with Gasteiger partial charge in [0.25, 0.3) is 5.91 Å². The fourth-order valence-corrected chi connectivity index (χ4v) is 4.02. The van der Waals surface area contributed by atoms with Gasteiger partial charge in [-0.15, -0.1) is 0 Å². The van der Waals surface area contributed by atoms with E-state index in [1.54, 1.807) is 29.4 Å². The first-order valence-electron chi connectivity index (χ1n) is 9.71. The third-order valence-electron chi connectivity index (χ3n) is 5.26. The summed E-state index contributed by atoms with van der Waals surface area (Å²) < 4.78 is 5.52. The first-order valence-corrected chi connectivity index (χ1v) is 10.5. The molecule has 0 radical (unpaired) electrons. The third-order valence-corrected chi connectivity index (χ3v) is 5.79. The van der Waals surface area contributed by atoms with Crippen LogP contribution in [0.3, 0.4) is 0 Å². The quantitative estimate of drug-likeness (QED) is 0.555. The van der Waals surface area contributed by atoms with Gasteiger partial charge in [0.2, 0.25) is 0 Å². The lowest BCUT2D eigenvalue weighted by molar-refractivity contribution is 0.0814. The zero-order chi connectivity index (χ0) is 20.2. The van der Waals surface area contributed by atoms with Crippen LogP contribution in [-0.2, 0) is 0 Å². The van der Waals surface area contributed by atoms with Crippen molar-refractivity contribution in [1.29, 1.82) is 0 Å². The minimum atomic E-state index is -0.186. The van der Waals surface area contributed by atoms with Crippen molar-refractivity contribution in [2.75, 3.05) is 44.2 Å². The Kier molecular flexibility index (Phi) is 6.28. The van der Waals surface area contributed by atoms with Gasteiger partial charge in [-0.3, -0.25) is 14.6 Å². The molecule has 1 N–H and O–H groups in total. The summed E-state index contributed by atoms with van der Waals surface area (Å²) >= 11 is 12.3. The third kappa shape index (κ3) is 4.69. The number of carbonyl (C=O) groups excluding carboxylic acids is 1. The van der Waals surface area contributed by atoms with Crippen molar-refractivity contribution in [3.8, 4) is 5.75 Å². The molecule has 0 bridgehead atoms. The van der Waals surface area contributed by atoms with Crippen LogP contribution in [0.4, 0.5) is 5.82 Å². The predicted octanol–water partition coefficient (Wildman–Crippen LogP) is 3.54. The van der Waals surface area contributed by atoms with Gasteiger partial charge in [-0.25, -0.2) is 4.98 Å². The number of aromatic amines is 1. The van der Waals surface area contributed by atoms with Gasteiger partial charge < -0.3 is 14.6 Å². The molecule has 0 aliphatic carbocycles. The summed E-state index contributed by atoms with van der Waals surface area (Å²) in [6.07, 6.45) is 6.82. The molecule has 1 aromatic carbocycles. The normalized spacial score (nSPS) is 17.6. The highest BCUT2D eigenvalue weighted by Crippen LogP contribution is 2.30. The number of amides is 1. The maximum Gasteiger partial charge on any atom is 0.262 e. The summed E-state index contributed by atoms with van der Waals surface area (Å²) in [7, 11) is 0.